The van der Waals surface area contributed by atoms with Crippen LogP contribution in [0.4, 0.5) is 22.0 Å². The molecule has 0 unspecified atom stereocenters. The number of nitrogens with zero attached hydrogens (tertiary/aromatic N) is 10. The second-order valence-corrected chi connectivity index (χ2v) is 32.5. The molecule has 0 radical (unpaired) electrons. The van der Waals surface area contributed by atoms with Gasteiger partial charge in [-0.1, -0.05) is 110 Å². The van der Waals surface area contributed by atoms with Crippen molar-refractivity contribution < 1.29 is 84.3 Å². The van der Waals surface area contributed by atoms with E-state index in [-0.39, 0.29) is 93.8 Å². The summed E-state index contributed by atoms with van der Waals surface area (Å²) in [5.41, 5.74) is 3.64. The maximum Gasteiger partial charge on any atom is 0.422 e. The van der Waals surface area contributed by atoms with E-state index in [1.165, 1.54) is 95.5 Å². The summed E-state index contributed by atoms with van der Waals surface area (Å²) in [5.74, 6) is -13.3. The highest BCUT2D eigenvalue weighted by molar-refractivity contribution is 6.01. The highest BCUT2D eigenvalue weighted by Gasteiger charge is 2.52. The van der Waals surface area contributed by atoms with Crippen molar-refractivity contribution in [1.82, 2.24) is 64.9 Å². The SMILES string of the molecule is CC[C@H](C)[C@H](N)C(=O)N(C)[C@@H](C)C(=O)N1CC[C@H]1C(=O)N(CC)[C@@H](Cc1ccc(C)cc1)C(=O)N(C)CC(=O)N[C@@H](CCc1cc(F)c(C(F)(F)F)c(F)c1)C(=O)N1CCC[C@H]1C(=O)NC1(C(=O)N(C)[C@H](C(=O)N(C)[C@@H](CC(=O)N(C)[C@@H](CC(C)C)C(=O)N[C@H](C(=O)N(C)C)[C@@H](C)CC)C(=O)N(C)C)C2CCCC2)CCCC1. The summed E-state index contributed by atoms with van der Waals surface area (Å²) < 4.78 is 71.9. The number of hydrogen-bond donors (Lipinski definition) is 4. The number of carbonyl (C=O) groups is 13. The number of halogens is 5. The first-order chi connectivity index (χ1) is 52.9. The summed E-state index contributed by atoms with van der Waals surface area (Å²) in [4.78, 5) is 203. The van der Waals surface area contributed by atoms with E-state index >= 15 is 32.8 Å². The minimum absolute atomic E-state index is 0.0241. The van der Waals surface area contributed by atoms with E-state index in [0.29, 0.717) is 69.1 Å². The maximum atomic E-state index is 15.6. The van der Waals surface area contributed by atoms with Crippen LogP contribution in [0.1, 0.15) is 180 Å². The second-order valence-electron chi connectivity index (χ2n) is 32.5. The minimum Gasteiger partial charge on any atom is -0.347 e. The van der Waals surface area contributed by atoms with Crippen molar-refractivity contribution in [2.45, 2.75) is 250 Å². The van der Waals surface area contributed by atoms with Crippen LogP contribution in [0, 0.1) is 42.2 Å². The monoisotopic (exact) mass is 1590 g/mol. The van der Waals surface area contributed by atoms with Crippen LogP contribution in [0.2, 0.25) is 0 Å². The number of amides is 13. The molecule has 0 aromatic heterocycles. The predicted molar refractivity (Wildman–Crippen MR) is 414 cm³/mol. The fraction of sp³-hybridized carbons (Fsp3) is 0.691. The summed E-state index contributed by atoms with van der Waals surface area (Å²) in [5, 5.41) is 8.50. The Balaban J connectivity index is 1.27. The van der Waals surface area contributed by atoms with Gasteiger partial charge in [-0.15, -0.1) is 0 Å². The van der Waals surface area contributed by atoms with Crippen molar-refractivity contribution in [3.8, 4) is 0 Å². The van der Waals surface area contributed by atoms with E-state index in [0.717, 1.165) is 15.4 Å². The molecule has 27 nitrogen and oxygen atoms in total. The van der Waals surface area contributed by atoms with E-state index in [9.17, 15) is 51.5 Å². The zero-order chi connectivity index (χ0) is 84.7. The van der Waals surface area contributed by atoms with Crippen LogP contribution in [0.25, 0.3) is 0 Å². The summed E-state index contributed by atoms with van der Waals surface area (Å²) >= 11 is 0. The lowest BCUT2D eigenvalue weighted by atomic mass is 9.90. The molecule has 5 N–H and O–H groups in total. The van der Waals surface area contributed by atoms with E-state index in [4.69, 9.17) is 5.73 Å². The van der Waals surface area contributed by atoms with Gasteiger partial charge in [0.25, 0.3) is 0 Å². The first-order valence-corrected chi connectivity index (χ1v) is 39.8. The average Bonchev–Trinajstić information content (AvgIpc) is 1.76. The molecular weight excluding hydrogens is 1470 g/mol. The number of benzene rings is 2. The van der Waals surface area contributed by atoms with Gasteiger partial charge >= 0.3 is 6.18 Å². The Morgan fingerprint density at radius 3 is 1.71 bits per heavy atom. The number of likely N-dealkylation sites (N-methyl/N-ethyl adjacent to an activating group) is 8. The van der Waals surface area contributed by atoms with Gasteiger partial charge in [-0.25, -0.2) is 8.78 Å². The number of alkyl halides is 3. The fourth-order valence-corrected chi connectivity index (χ4v) is 15.9. The van der Waals surface area contributed by atoms with Crippen molar-refractivity contribution in [3.63, 3.8) is 0 Å². The van der Waals surface area contributed by atoms with E-state index in [2.05, 4.69) is 16.0 Å². The average molecular weight is 1600 g/mol. The quantitative estimate of drug-likeness (QED) is 0.0597. The molecule has 32 heteroatoms. The number of hydrogen-bond acceptors (Lipinski definition) is 14. The van der Waals surface area contributed by atoms with Crippen LogP contribution in [-0.2, 0) is 81.3 Å². The molecule has 2 aliphatic heterocycles. The van der Waals surface area contributed by atoms with E-state index in [1.54, 1.807) is 33.2 Å². The molecule has 2 saturated carbocycles. The molecule has 113 heavy (non-hydrogen) atoms. The van der Waals surface area contributed by atoms with Crippen molar-refractivity contribution in [3.05, 3.63) is 70.3 Å². The van der Waals surface area contributed by atoms with Gasteiger partial charge in [0.15, 0.2) is 0 Å². The van der Waals surface area contributed by atoms with Crippen molar-refractivity contribution >= 4 is 76.8 Å². The Labute approximate surface area is 662 Å². The zero-order valence-corrected chi connectivity index (χ0v) is 69.3. The third-order valence-electron chi connectivity index (χ3n) is 23.6. The smallest absolute Gasteiger partial charge is 0.347 e. The predicted octanol–water partition coefficient (Wildman–Crippen LogP) is 5.68. The Bertz CT molecular complexity index is 3720. The molecule has 0 spiro atoms. The molecular formula is C81H123F5N14O13. The van der Waals surface area contributed by atoms with Gasteiger partial charge in [0.1, 0.15) is 77.1 Å². The number of aryl methyl sites for hydroxylation is 2. The zero-order valence-electron chi connectivity index (χ0n) is 69.3. The molecule has 2 aliphatic carbocycles. The van der Waals surface area contributed by atoms with Crippen LogP contribution >= 0.6 is 0 Å². The van der Waals surface area contributed by atoms with E-state index < -0.39 is 192 Å². The number of rotatable bonds is 36. The Morgan fingerprint density at radius 2 is 1.19 bits per heavy atom. The van der Waals surface area contributed by atoms with Gasteiger partial charge in [0.05, 0.1) is 19.0 Å². The highest BCUT2D eigenvalue weighted by atomic mass is 19.4. The molecule has 4 fully saturated rings. The third kappa shape index (κ3) is 22.6. The van der Waals surface area contributed by atoms with Crippen molar-refractivity contribution in [2.24, 2.45) is 29.4 Å². The van der Waals surface area contributed by atoms with Gasteiger partial charge < -0.3 is 70.7 Å². The molecule has 4 aliphatic rings. The molecule has 12 atom stereocenters. The minimum atomic E-state index is -5.41. The van der Waals surface area contributed by atoms with Crippen LogP contribution in [0.15, 0.2) is 36.4 Å². The van der Waals surface area contributed by atoms with Gasteiger partial charge in [-0.2, -0.15) is 13.2 Å². The lowest BCUT2D eigenvalue weighted by Crippen LogP contribution is -2.65. The summed E-state index contributed by atoms with van der Waals surface area (Å²) in [6.07, 6.45) is -1.82. The fourth-order valence-electron chi connectivity index (χ4n) is 15.9. The van der Waals surface area contributed by atoms with Crippen molar-refractivity contribution in [1.29, 1.82) is 0 Å². The molecule has 2 saturated heterocycles. The highest BCUT2D eigenvalue weighted by Crippen LogP contribution is 2.39. The molecule has 6 rings (SSSR count). The Hall–Kier alpha value is -8.84. The third-order valence-corrected chi connectivity index (χ3v) is 23.6. The van der Waals surface area contributed by atoms with Gasteiger partial charge in [0, 0.05) is 89.5 Å². The normalized spacial score (nSPS) is 18.8. The molecule has 13 amide bonds. The summed E-state index contributed by atoms with van der Waals surface area (Å²) in [7, 11) is 13.1. The number of carbonyl (C=O) groups excluding carboxylic acids is 13. The van der Waals surface area contributed by atoms with Gasteiger partial charge in [-0.3, -0.25) is 62.3 Å². The Morgan fingerprint density at radius 1 is 0.611 bits per heavy atom. The van der Waals surface area contributed by atoms with Crippen molar-refractivity contribution in [2.75, 3.05) is 89.6 Å². The summed E-state index contributed by atoms with van der Waals surface area (Å²) in [6.45, 7) is 15.5. The Kier molecular flexibility index (Phi) is 33.3. The summed E-state index contributed by atoms with van der Waals surface area (Å²) in [6, 6.07) is -3.83. The topological polar surface area (TPSA) is 316 Å². The molecule has 630 valence electrons. The standard InChI is InChI=1S/C81H123F5N14O13/c1-19-49(7)66(87)76(110)94(15)51(9)71(105)100-40-36-59(100)75(109)98(21-3)62(44-52-32-30-48(6)31-33-52)74(108)93(14)46-63(101)88-57(35-34-53-42-55(82)65(56(83)43-53)81(84,85)86)72(106)99-39-26-29-58(99)70(104)90-80(37-24-25-38-80)79(113)97(18)68(54-27-22-23-28-54)78(112)96(17)61(73(107)91(10)11)45-64(102)95(16)60(41-47(4)5)69(103)89-67(50(8)20-2)77(111)92(12)13/h30-33,42-43,47,49-51,54,57-62,66-68H,19-29,34-41,44-46,87H2,1-18H3,(H,88,101)(H,89,103)(H,90,104)/t49-,50-,51-,57-,58-,59-,60-,61-,62-,66-,67-,68-/m0/s1. The number of nitrogens with one attached hydrogen (secondary N) is 3. The molecule has 2 aromatic rings. The molecule has 0 bridgehead atoms. The lowest BCUT2D eigenvalue weighted by Gasteiger charge is -2.45. The van der Waals surface area contributed by atoms with Crippen LogP contribution in [0.5, 0.6) is 0 Å². The first-order valence-electron chi connectivity index (χ1n) is 39.8. The van der Waals surface area contributed by atoms with E-state index in [1.807, 2.05) is 60.6 Å². The van der Waals surface area contributed by atoms with Crippen LogP contribution in [-0.4, -0.2) is 281 Å². The second kappa shape index (κ2) is 40.4. The number of likely N-dealkylation sites (tertiary alicyclic amines) is 2. The maximum absolute atomic E-state index is 15.6. The van der Waals surface area contributed by atoms with Crippen LogP contribution < -0.4 is 21.7 Å². The number of nitrogens with two attached hydrogens (primary N) is 1. The first kappa shape index (κ1) is 93.0. The van der Waals surface area contributed by atoms with Gasteiger partial charge in [0.2, 0.25) is 76.8 Å². The van der Waals surface area contributed by atoms with Gasteiger partial charge in [-0.05, 0) is 132 Å². The molecule has 2 heterocycles. The lowest BCUT2D eigenvalue weighted by molar-refractivity contribution is -0.160. The largest absolute Gasteiger partial charge is 0.422 e. The molecule has 2 aromatic carbocycles. The van der Waals surface area contributed by atoms with Crippen LogP contribution in [0.3, 0.4) is 0 Å².